The van der Waals surface area contributed by atoms with Crippen LogP contribution in [0.3, 0.4) is 0 Å². The number of hydrogen-bond donors (Lipinski definition) is 3. The fraction of sp³-hybridized carbons (Fsp3) is 0.300. The van der Waals surface area contributed by atoms with Crippen molar-refractivity contribution in [2.75, 3.05) is 5.32 Å². The third kappa shape index (κ3) is 3.27. The van der Waals surface area contributed by atoms with Crippen molar-refractivity contribution < 1.29 is 18.4 Å². The minimum atomic E-state index is -1.54. The van der Waals surface area contributed by atoms with Gasteiger partial charge in [-0.2, -0.15) is 0 Å². The average molecular weight is 247 g/mol. The Labute approximate surface area is 95.9 Å². The molecule has 1 rings (SSSR count). The number of benzene rings is 1. The SMILES string of the molecule is CC(CC(N)=NO)Nc1ccc(F)c(F)c1F. The highest BCUT2D eigenvalue weighted by Crippen LogP contribution is 2.20. The Morgan fingerprint density at radius 3 is 2.65 bits per heavy atom. The number of nitrogens with two attached hydrogens (primary N) is 1. The minimum absolute atomic E-state index is 0.0482. The van der Waals surface area contributed by atoms with Crippen LogP contribution in [0.15, 0.2) is 17.3 Å². The van der Waals surface area contributed by atoms with Gasteiger partial charge in [0.15, 0.2) is 17.5 Å². The van der Waals surface area contributed by atoms with Crippen LogP contribution in [0.25, 0.3) is 0 Å². The molecular weight excluding hydrogens is 235 g/mol. The van der Waals surface area contributed by atoms with E-state index in [9.17, 15) is 13.2 Å². The van der Waals surface area contributed by atoms with Crippen molar-refractivity contribution in [3.8, 4) is 0 Å². The zero-order chi connectivity index (χ0) is 13.0. The molecule has 0 fully saturated rings. The highest BCUT2D eigenvalue weighted by atomic mass is 19.2. The molecule has 4 N–H and O–H groups in total. The molecule has 0 saturated carbocycles. The van der Waals surface area contributed by atoms with Gasteiger partial charge in [0.25, 0.3) is 0 Å². The van der Waals surface area contributed by atoms with Crippen LogP contribution in [0.4, 0.5) is 18.9 Å². The molecule has 0 saturated heterocycles. The van der Waals surface area contributed by atoms with Crippen LogP contribution >= 0.6 is 0 Å². The molecule has 1 unspecified atom stereocenters. The summed E-state index contributed by atoms with van der Waals surface area (Å²) in [4.78, 5) is 0. The maximum atomic E-state index is 13.3. The Morgan fingerprint density at radius 2 is 2.06 bits per heavy atom. The summed E-state index contributed by atoms with van der Waals surface area (Å²) in [6, 6.07) is 1.50. The van der Waals surface area contributed by atoms with Gasteiger partial charge in [-0.1, -0.05) is 5.16 Å². The summed E-state index contributed by atoms with van der Waals surface area (Å²) in [5, 5.41) is 13.7. The molecule has 4 nitrogen and oxygen atoms in total. The third-order valence-corrected chi connectivity index (χ3v) is 2.08. The fourth-order valence-electron chi connectivity index (χ4n) is 1.31. The minimum Gasteiger partial charge on any atom is -0.409 e. The van der Waals surface area contributed by atoms with E-state index < -0.39 is 23.5 Å². The highest BCUT2D eigenvalue weighted by Gasteiger charge is 2.15. The summed E-state index contributed by atoms with van der Waals surface area (Å²) < 4.78 is 38.8. The summed E-state index contributed by atoms with van der Waals surface area (Å²) in [5.74, 6) is -4.13. The number of hydrogen-bond acceptors (Lipinski definition) is 3. The lowest BCUT2D eigenvalue weighted by Gasteiger charge is -2.15. The summed E-state index contributed by atoms with van der Waals surface area (Å²) in [6.07, 6.45) is 0.134. The second-order valence-corrected chi connectivity index (χ2v) is 3.56. The quantitative estimate of drug-likeness (QED) is 0.251. The average Bonchev–Trinajstić information content (AvgIpc) is 2.29. The number of halogens is 3. The van der Waals surface area contributed by atoms with Crippen LogP contribution in [0.2, 0.25) is 0 Å². The standard InChI is InChI=1S/C10H12F3N3O/c1-5(4-8(14)16-17)15-7-3-2-6(11)9(12)10(7)13/h2-3,5,15,17H,4H2,1H3,(H2,14,16). The molecule has 0 heterocycles. The summed E-state index contributed by atoms with van der Waals surface area (Å²) >= 11 is 0. The van der Waals surface area contributed by atoms with Gasteiger partial charge in [0, 0.05) is 12.5 Å². The monoisotopic (exact) mass is 247 g/mol. The lowest BCUT2D eigenvalue weighted by Crippen LogP contribution is -2.25. The number of rotatable bonds is 4. The van der Waals surface area contributed by atoms with Crippen molar-refractivity contribution in [2.45, 2.75) is 19.4 Å². The van der Waals surface area contributed by atoms with E-state index in [0.29, 0.717) is 0 Å². The Balaban J connectivity index is 2.79. The van der Waals surface area contributed by atoms with Crippen molar-refractivity contribution in [1.29, 1.82) is 0 Å². The van der Waals surface area contributed by atoms with Gasteiger partial charge in [-0.05, 0) is 19.1 Å². The Hall–Kier alpha value is -1.92. The van der Waals surface area contributed by atoms with Crippen molar-refractivity contribution in [3.63, 3.8) is 0 Å². The predicted octanol–water partition coefficient (Wildman–Crippen LogP) is 2.04. The number of nitrogens with zero attached hydrogens (tertiary/aromatic N) is 1. The first-order chi connectivity index (χ1) is 7.95. The first-order valence-corrected chi connectivity index (χ1v) is 4.82. The van der Waals surface area contributed by atoms with Crippen molar-refractivity contribution in [3.05, 3.63) is 29.6 Å². The molecule has 0 radical (unpaired) electrons. The van der Waals surface area contributed by atoms with E-state index in [-0.39, 0.29) is 17.9 Å². The van der Waals surface area contributed by atoms with Crippen LogP contribution < -0.4 is 11.1 Å². The number of amidine groups is 1. The number of nitrogens with one attached hydrogen (secondary N) is 1. The van der Waals surface area contributed by atoms with Gasteiger partial charge in [-0.25, -0.2) is 13.2 Å². The molecule has 7 heteroatoms. The summed E-state index contributed by atoms with van der Waals surface area (Å²) in [6.45, 7) is 1.62. The van der Waals surface area contributed by atoms with Crippen LogP contribution in [-0.2, 0) is 0 Å². The number of oxime groups is 1. The van der Waals surface area contributed by atoms with Gasteiger partial charge < -0.3 is 16.3 Å². The summed E-state index contributed by atoms with van der Waals surface area (Å²) in [7, 11) is 0. The maximum absolute atomic E-state index is 13.3. The normalized spacial score (nSPS) is 13.5. The van der Waals surface area contributed by atoms with E-state index in [1.807, 2.05) is 0 Å². The molecule has 0 aromatic heterocycles. The second kappa shape index (κ2) is 5.42. The number of anilines is 1. The predicted molar refractivity (Wildman–Crippen MR) is 57.4 cm³/mol. The molecule has 0 spiro atoms. The molecule has 0 aliphatic rings. The lowest BCUT2D eigenvalue weighted by atomic mass is 10.2. The molecule has 17 heavy (non-hydrogen) atoms. The first kappa shape index (κ1) is 13.1. The highest BCUT2D eigenvalue weighted by molar-refractivity contribution is 5.80. The fourth-order valence-corrected chi connectivity index (χ4v) is 1.31. The molecule has 1 aromatic carbocycles. The molecule has 0 amide bonds. The zero-order valence-corrected chi connectivity index (χ0v) is 9.04. The van der Waals surface area contributed by atoms with E-state index in [1.54, 1.807) is 6.92 Å². The molecule has 94 valence electrons. The lowest BCUT2D eigenvalue weighted by molar-refractivity contribution is 0.316. The van der Waals surface area contributed by atoms with Gasteiger partial charge >= 0.3 is 0 Å². The van der Waals surface area contributed by atoms with Gasteiger partial charge in [-0.15, -0.1) is 0 Å². The Morgan fingerprint density at radius 1 is 1.41 bits per heavy atom. The van der Waals surface area contributed by atoms with Crippen molar-refractivity contribution in [1.82, 2.24) is 0 Å². The van der Waals surface area contributed by atoms with Crippen LogP contribution in [0.5, 0.6) is 0 Å². The van der Waals surface area contributed by atoms with Crippen LogP contribution in [0, 0.1) is 17.5 Å². The zero-order valence-electron chi connectivity index (χ0n) is 9.04. The van der Waals surface area contributed by atoms with E-state index >= 15 is 0 Å². The molecule has 0 aliphatic heterocycles. The third-order valence-electron chi connectivity index (χ3n) is 2.08. The van der Waals surface area contributed by atoms with Crippen molar-refractivity contribution >= 4 is 11.5 Å². The first-order valence-electron chi connectivity index (χ1n) is 4.82. The van der Waals surface area contributed by atoms with Crippen LogP contribution in [0.1, 0.15) is 13.3 Å². The van der Waals surface area contributed by atoms with E-state index in [0.717, 1.165) is 12.1 Å². The van der Waals surface area contributed by atoms with E-state index in [4.69, 9.17) is 10.9 Å². The smallest absolute Gasteiger partial charge is 0.196 e. The summed E-state index contributed by atoms with van der Waals surface area (Å²) in [5.41, 5.74) is 5.07. The topological polar surface area (TPSA) is 70.6 Å². The largest absolute Gasteiger partial charge is 0.409 e. The molecule has 0 bridgehead atoms. The van der Waals surface area contributed by atoms with Gasteiger partial charge in [0.1, 0.15) is 5.84 Å². The molecule has 1 atom stereocenters. The van der Waals surface area contributed by atoms with Crippen LogP contribution in [-0.4, -0.2) is 17.1 Å². The second-order valence-electron chi connectivity index (χ2n) is 3.56. The van der Waals surface area contributed by atoms with Gasteiger partial charge in [0.05, 0.1) is 5.69 Å². The van der Waals surface area contributed by atoms with E-state index in [1.165, 1.54) is 0 Å². The Bertz CT molecular complexity index is 437. The van der Waals surface area contributed by atoms with Gasteiger partial charge in [-0.3, -0.25) is 0 Å². The molecular formula is C10H12F3N3O. The van der Waals surface area contributed by atoms with Gasteiger partial charge in [0.2, 0.25) is 0 Å². The Kier molecular flexibility index (Phi) is 4.19. The maximum Gasteiger partial charge on any atom is 0.196 e. The molecule has 0 aliphatic carbocycles. The van der Waals surface area contributed by atoms with E-state index in [2.05, 4.69) is 10.5 Å². The molecule has 1 aromatic rings. The van der Waals surface area contributed by atoms with Crippen molar-refractivity contribution in [2.24, 2.45) is 10.9 Å².